The van der Waals surface area contributed by atoms with Crippen LogP contribution in [0, 0.1) is 5.82 Å². The molecule has 0 radical (unpaired) electrons. The zero-order chi connectivity index (χ0) is 18.7. The summed E-state index contributed by atoms with van der Waals surface area (Å²) in [6.45, 7) is -0.446. The van der Waals surface area contributed by atoms with Crippen LogP contribution in [0.15, 0.2) is 36.5 Å². The van der Waals surface area contributed by atoms with Gasteiger partial charge in [-0.05, 0) is 31.0 Å². The predicted molar refractivity (Wildman–Crippen MR) is 97.0 cm³/mol. The molecule has 1 N–H and O–H groups in total. The average molecular weight is 380 g/mol. The lowest BCUT2D eigenvalue weighted by Gasteiger charge is -2.22. The molecule has 1 aromatic heterocycles. The van der Waals surface area contributed by atoms with E-state index >= 15 is 0 Å². The van der Waals surface area contributed by atoms with Gasteiger partial charge >= 0.3 is 0 Å². The third kappa shape index (κ3) is 4.21. The lowest BCUT2D eigenvalue weighted by atomic mass is 10.2. The molecule has 9 heteroatoms. The number of halogens is 1. The minimum absolute atomic E-state index is 0.104. The molecule has 3 rings (SSSR count). The number of hydrogen-bond acceptors (Lipinski definition) is 4. The summed E-state index contributed by atoms with van der Waals surface area (Å²) in [5, 5.41) is 6.99. The third-order valence-electron chi connectivity index (χ3n) is 4.39. The summed E-state index contributed by atoms with van der Waals surface area (Å²) in [7, 11) is -3.75. The fraction of sp³-hybridized carbons (Fsp3) is 0.412. The Kier molecular flexibility index (Phi) is 5.26. The first kappa shape index (κ1) is 18.4. The number of anilines is 2. The van der Waals surface area contributed by atoms with Crippen molar-refractivity contribution in [2.45, 2.75) is 31.7 Å². The van der Waals surface area contributed by atoms with Gasteiger partial charge in [-0.25, -0.2) is 17.5 Å². The molecule has 0 unspecified atom stereocenters. The Hall–Kier alpha value is -2.42. The van der Waals surface area contributed by atoms with Gasteiger partial charge in [0, 0.05) is 6.07 Å². The van der Waals surface area contributed by atoms with Gasteiger partial charge in [-0.3, -0.25) is 9.10 Å². The molecule has 1 aromatic carbocycles. The molecular formula is C17H21FN4O3S. The number of rotatable bonds is 6. The molecule has 140 valence electrons. The lowest BCUT2D eigenvalue weighted by Crippen LogP contribution is -2.37. The summed E-state index contributed by atoms with van der Waals surface area (Å²) in [5.74, 6) is -0.551. The Morgan fingerprint density at radius 3 is 2.73 bits per heavy atom. The van der Waals surface area contributed by atoms with E-state index < -0.39 is 28.3 Å². The van der Waals surface area contributed by atoms with E-state index in [1.165, 1.54) is 18.2 Å². The van der Waals surface area contributed by atoms with Gasteiger partial charge in [-0.2, -0.15) is 5.10 Å². The van der Waals surface area contributed by atoms with Crippen molar-refractivity contribution in [2.75, 3.05) is 22.4 Å². The maximum absolute atomic E-state index is 13.5. The van der Waals surface area contributed by atoms with E-state index in [0.717, 1.165) is 42.3 Å². The van der Waals surface area contributed by atoms with Crippen LogP contribution >= 0.6 is 0 Å². The number of benzene rings is 1. The Bertz CT molecular complexity index is 891. The van der Waals surface area contributed by atoms with Gasteiger partial charge in [0.2, 0.25) is 15.9 Å². The van der Waals surface area contributed by atoms with Gasteiger partial charge < -0.3 is 5.32 Å². The number of aromatic nitrogens is 2. The number of carbonyl (C=O) groups excluding carboxylic acids is 1. The van der Waals surface area contributed by atoms with Crippen molar-refractivity contribution in [2.24, 2.45) is 0 Å². The standard InChI is InChI=1S/C17H21FN4O3S/c1-26(24,25)21(15-8-4-5-13(18)11-15)12-17(23)20-16-9-10-19-22(16)14-6-2-3-7-14/h4-5,8-11,14H,2-3,6-7,12H2,1H3,(H,20,23). The molecule has 0 spiro atoms. The molecule has 0 aliphatic heterocycles. The highest BCUT2D eigenvalue weighted by atomic mass is 32.2. The molecule has 26 heavy (non-hydrogen) atoms. The average Bonchev–Trinajstić information content (AvgIpc) is 3.22. The first-order valence-electron chi connectivity index (χ1n) is 8.41. The molecule has 2 aromatic rings. The number of amides is 1. The molecule has 0 atom stereocenters. The molecule has 1 fully saturated rings. The van der Waals surface area contributed by atoms with Crippen LogP contribution in [0.2, 0.25) is 0 Å². The smallest absolute Gasteiger partial charge is 0.246 e. The summed E-state index contributed by atoms with van der Waals surface area (Å²) in [5.41, 5.74) is 0.104. The Balaban J connectivity index is 1.76. The van der Waals surface area contributed by atoms with Gasteiger partial charge in [-0.1, -0.05) is 18.9 Å². The second-order valence-corrected chi connectivity index (χ2v) is 8.30. The van der Waals surface area contributed by atoms with Crippen LogP contribution < -0.4 is 9.62 Å². The fourth-order valence-corrected chi connectivity index (χ4v) is 4.05. The SMILES string of the molecule is CS(=O)(=O)N(CC(=O)Nc1ccnn1C1CCCC1)c1cccc(F)c1. The normalized spacial score (nSPS) is 15.2. The minimum atomic E-state index is -3.75. The number of hydrogen-bond donors (Lipinski definition) is 1. The quantitative estimate of drug-likeness (QED) is 0.835. The highest BCUT2D eigenvalue weighted by molar-refractivity contribution is 7.92. The highest BCUT2D eigenvalue weighted by Crippen LogP contribution is 2.31. The Morgan fingerprint density at radius 2 is 2.08 bits per heavy atom. The van der Waals surface area contributed by atoms with Crippen molar-refractivity contribution >= 4 is 27.4 Å². The van der Waals surface area contributed by atoms with Crippen LogP contribution in [0.1, 0.15) is 31.7 Å². The van der Waals surface area contributed by atoms with Crippen LogP contribution in [0.3, 0.4) is 0 Å². The topological polar surface area (TPSA) is 84.3 Å². The van der Waals surface area contributed by atoms with Crippen LogP contribution in [0.4, 0.5) is 15.9 Å². The largest absolute Gasteiger partial charge is 0.309 e. The molecular weight excluding hydrogens is 359 g/mol. The molecule has 1 aliphatic carbocycles. The van der Waals surface area contributed by atoms with E-state index in [-0.39, 0.29) is 11.7 Å². The zero-order valence-electron chi connectivity index (χ0n) is 14.4. The zero-order valence-corrected chi connectivity index (χ0v) is 15.2. The summed E-state index contributed by atoms with van der Waals surface area (Å²) < 4.78 is 40.2. The second-order valence-electron chi connectivity index (χ2n) is 6.40. The van der Waals surface area contributed by atoms with Gasteiger partial charge in [0.1, 0.15) is 18.2 Å². The fourth-order valence-electron chi connectivity index (χ4n) is 3.20. The first-order chi connectivity index (χ1) is 12.3. The van der Waals surface area contributed by atoms with Crippen molar-refractivity contribution in [3.63, 3.8) is 0 Å². The molecule has 0 bridgehead atoms. The number of carbonyl (C=O) groups is 1. The molecule has 1 heterocycles. The second kappa shape index (κ2) is 7.45. The van der Waals surface area contributed by atoms with E-state index in [4.69, 9.17) is 0 Å². The van der Waals surface area contributed by atoms with Gasteiger partial charge in [-0.15, -0.1) is 0 Å². The van der Waals surface area contributed by atoms with Crippen LogP contribution in [0.25, 0.3) is 0 Å². The van der Waals surface area contributed by atoms with Gasteiger partial charge in [0.25, 0.3) is 0 Å². The molecule has 0 saturated heterocycles. The molecule has 7 nitrogen and oxygen atoms in total. The van der Waals surface area contributed by atoms with E-state index in [9.17, 15) is 17.6 Å². The summed E-state index contributed by atoms with van der Waals surface area (Å²) in [6.07, 6.45) is 6.84. The lowest BCUT2D eigenvalue weighted by molar-refractivity contribution is -0.114. The van der Waals surface area contributed by atoms with Crippen molar-refractivity contribution in [1.29, 1.82) is 0 Å². The number of nitrogens with zero attached hydrogens (tertiary/aromatic N) is 3. The maximum atomic E-state index is 13.5. The summed E-state index contributed by atoms with van der Waals surface area (Å²) in [6, 6.07) is 7.06. The third-order valence-corrected chi connectivity index (χ3v) is 5.53. The van der Waals surface area contributed by atoms with Crippen molar-refractivity contribution in [3.05, 3.63) is 42.3 Å². The summed E-state index contributed by atoms with van der Waals surface area (Å²) >= 11 is 0. The number of nitrogens with one attached hydrogen (secondary N) is 1. The van der Waals surface area contributed by atoms with Crippen LogP contribution in [-0.4, -0.2) is 36.9 Å². The Labute approximate surface area is 151 Å². The van der Waals surface area contributed by atoms with Gasteiger partial charge in [0.05, 0.1) is 24.2 Å². The van der Waals surface area contributed by atoms with E-state index in [1.807, 2.05) is 0 Å². The summed E-state index contributed by atoms with van der Waals surface area (Å²) in [4.78, 5) is 12.4. The number of sulfonamides is 1. The van der Waals surface area contributed by atoms with E-state index in [0.29, 0.717) is 5.82 Å². The monoisotopic (exact) mass is 380 g/mol. The van der Waals surface area contributed by atoms with Crippen LogP contribution in [0.5, 0.6) is 0 Å². The van der Waals surface area contributed by atoms with E-state index in [1.54, 1.807) is 16.9 Å². The van der Waals surface area contributed by atoms with Crippen molar-refractivity contribution < 1.29 is 17.6 Å². The molecule has 1 saturated carbocycles. The molecule has 1 amide bonds. The van der Waals surface area contributed by atoms with Crippen molar-refractivity contribution in [3.8, 4) is 0 Å². The van der Waals surface area contributed by atoms with Crippen molar-refractivity contribution in [1.82, 2.24) is 9.78 Å². The van der Waals surface area contributed by atoms with E-state index in [2.05, 4.69) is 10.4 Å². The van der Waals surface area contributed by atoms with Crippen LogP contribution in [-0.2, 0) is 14.8 Å². The molecule has 1 aliphatic rings. The highest BCUT2D eigenvalue weighted by Gasteiger charge is 2.24. The Morgan fingerprint density at radius 1 is 1.35 bits per heavy atom. The minimum Gasteiger partial charge on any atom is -0.309 e. The first-order valence-corrected chi connectivity index (χ1v) is 10.3. The predicted octanol–water partition coefficient (Wildman–Crippen LogP) is 2.54. The van der Waals surface area contributed by atoms with Gasteiger partial charge in [0.15, 0.2) is 0 Å². The maximum Gasteiger partial charge on any atom is 0.246 e.